The molecule has 31 heavy (non-hydrogen) atoms. The van der Waals surface area contributed by atoms with Gasteiger partial charge in [-0.1, -0.05) is 12.1 Å². The van der Waals surface area contributed by atoms with Crippen LogP contribution >= 0.6 is 0 Å². The lowest BCUT2D eigenvalue weighted by atomic mass is 10.1. The van der Waals surface area contributed by atoms with Crippen molar-refractivity contribution in [1.82, 2.24) is 19.4 Å². The first-order valence-corrected chi connectivity index (χ1v) is 10.6. The Morgan fingerprint density at radius 2 is 1.74 bits per heavy atom. The fourth-order valence-corrected chi connectivity index (χ4v) is 3.81. The Kier molecular flexibility index (Phi) is 6.02. The number of pyridine rings is 2. The first kappa shape index (κ1) is 21.0. The van der Waals surface area contributed by atoms with Crippen LogP contribution in [0.5, 0.6) is 0 Å². The molecule has 2 unspecified atom stereocenters. The molecule has 2 atom stereocenters. The number of ketones is 2. The van der Waals surface area contributed by atoms with E-state index in [0.29, 0.717) is 17.8 Å². The Labute approximate surface area is 181 Å². The monoisotopic (exact) mass is 416 g/mol. The minimum absolute atomic E-state index is 0.0666. The topological polar surface area (TPSA) is 67.0 Å². The second-order valence-corrected chi connectivity index (χ2v) is 7.98. The van der Waals surface area contributed by atoms with Crippen molar-refractivity contribution in [3.8, 4) is 0 Å². The van der Waals surface area contributed by atoms with Gasteiger partial charge in [0.1, 0.15) is 0 Å². The third-order valence-electron chi connectivity index (χ3n) is 5.84. The van der Waals surface area contributed by atoms with Crippen LogP contribution in [-0.4, -0.2) is 46.0 Å². The Morgan fingerprint density at radius 1 is 0.935 bits per heavy atom. The lowest BCUT2D eigenvalue weighted by Gasteiger charge is -2.13. The molecule has 0 bridgehead atoms. The summed E-state index contributed by atoms with van der Waals surface area (Å²) in [6.07, 6.45) is 6.59. The zero-order chi connectivity index (χ0) is 22.0. The molecule has 0 saturated heterocycles. The van der Waals surface area contributed by atoms with Crippen molar-refractivity contribution in [2.75, 3.05) is 13.6 Å². The maximum absolute atomic E-state index is 12.8. The Balaban J connectivity index is 1.40. The normalized spacial score (nSPS) is 13.5. The number of Topliss-reactive ketones (excluding diaryl/α,β-unsaturated/α-hetero) is 2. The predicted octanol–water partition coefficient (Wildman–Crippen LogP) is 3.39. The van der Waals surface area contributed by atoms with Crippen LogP contribution in [-0.2, 0) is 6.42 Å². The number of hydrogen-bond donors (Lipinski definition) is 2. The van der Waals surface area contributed by atoms with Crippen molar-refractivity contribution in [2.45, 2.75) is 32.4 Å². The van der Waals surface area contributed by atoms with E-state index in [1.807, 2.05) is 83.7 Å². The van der Waals surface area contributed by atoms with Gasteiger partial charge in [-0.3, -0.25) is 9.59 Å². The third-order valence-corrected chi connectivity index (χ3v) is 5.84. The van der Waals surface area contributed by atoms with Gasteiger partial charge in [0, 0.05) is 35.2 Å². The average molecular weight is 417 g/mol. The summed E-state index contributed by atoms with van der Waals surface area (Å²) in [6, 6.07) is 15.2. The molecular weight excluding hydrogens is 388 g/mol. The summed E-state index contributed by atoms with van der Waals surface area (Å²) in [7, 11) is 1.79. The number of fused-ring (bicyclic) bond motifs is 2. The standard InChI is InChI=1S/C25H28N4O2/c1-17(26-3)25(31)23-10-9-21-8-7-19(15-29(21)23)11-12-27-18(2)24(30)20-14-22-6-4-5-13-28(22)16-20/h4-10,13-18,26-27H,11-12H2,1-3H3. The highest BCUT2D eigenvalue weighted by Crippen LogP contribution is 2.15. The van der Waals surface area contributed by atoms with Crippen LogP contribution in [0.25, 0.3) is 11.0 Å². The number of hydrogen-bond acceptors (Lipinski definition) is 4. The molecule has 4 heterocycles. The minimum atomic E-state index is -0.277. The number of likely N-dealkylation sites (N-methyl/N-ethyl adjacent to an activating group) is 1. The van der Waals surface area contributed by atoms with E-state index in [0.717, 1.165) is 23.0 Å². The first-order chi connectivity index (χ1) is 15.0. The SMILES string of the molecule is CNC(C)C(=O)c1ccc2ccc(CCNC(C)C(=O)c3cc4ccccn4c3)cn12. The molecule has 6 nitrogen and oxygen atoms in total. The van der Waals surface area contributed by atoms with E-state index in [-0.39, 0.29) is 23.7 Å². The van der Waals surface area contributed by atoms with Gasteiger partial charge in [-0.2, -0.15) is 0 Å². The number of nitrogens with one attached hydrogen (secondary N) is 2. The third kappa shape index (κ3) is 4.31. The van der Waals surface area contributed by atoms with Crippen LogP contribution in [0.15, 0.2) is 67.1 Å². The first-order valence-electron chi connectivity index (χ1n) is 10.6. The van der Waals surface area contributed by atoms with Gasteiger partial charge in [0.15, 0.2) is 11.6 Å². The molecule has 0 aromatic carbocycles. The summed E-state index contributed by atoms with van der Waals surface area (Å²) in [5, 5.41) is 6.34. The highest BCUT2D eigenvalue weighted by Gasteiger charge is 2.18. The summed E-state index contributed by atoms with van der Waals surface area (Å²) in [5.41, 5.74) is 4.50. The van der Waals surface area contributed by atoms with Gasteiger partial charge < -0.3 is 19.4 Å². The van der Waals surface area contributed by atoms with Gasteiger partial charge in [-0.05, 0) is 75.8 Å². The van der Waals surface area contributed by atoms with Gasteiger partial charge in [-0.15, -0.1) is 0 Å². The molecule has 160 valence electrons. The number of rotatable bonds is 9. The smallest absolute Gasteiger partial charge is 0.196 e. The van der Waals surface area contributed by atoms with Gasteiger partial charge in [0.05, 0.1) is 17.8 Å². The highest BCUT2D eigenvalue weighted by molar-refractivity contribution is 6.01. The lowest BCUT2D eigenvalue weighted by molar-refractivity contribution is 0.0943. The van der Waals surface area contributed by atoms with Crippen molar-refractivity contribution in [1.29, 1.82) is 0 Å². The van der Waals surface area contributed by atoms with Gasteiger partial charge >= 0.3 is 0 Å². The average Bonchev–Trinajstić information content (AvgIpc) is 3.41. The summed E-state index contributed by atoms with van der Waals surface area (Å²) >= 11 is 0. The molecule has 0 saturated carbocycles. The molecule has 0 aliphatic heterocycles. The molecular formula is C25H28N4O2. The zero-order valence-electron chi connectivity index (χ0n) is 18.1. The maximum Gasteiger partial charge on any atom is 0.196 e. The number of nitrogens with zero attached hydrogens (tertiary/aromatic N) is 2. The largest absolute Gasteiger partial charge is 0.323 e. The van der Waals surface area contributed by atoms with Crippen molar-refractivity contribution in [2.24, 2.45) is 0 Å². The van der Waals surface area contributed by atoms with Crippen molar-refractivity contribution in [3.63, 3.8) is 0 Å². The fourth-order valence-electron chi connectivity index (χ4n) is 3.81. The molecule has 2 N–H and O–H groups in total. The Hall–Kier alpha value is -3.22. The summed E-state index contributed by atoms with van der Waals surface area (Å²) in [6.45, 7) is 4.43. The van der Waals surface area contributed by atoms with Crippen LogP contribution < -0.4 is 10.6 Å². The quantitative estimate of drug-likeness (QED) is 0.411. The molecule has 0 fully saturated rings. The van der Waals surface area contributed by atoms with Crippen molar-refractivity contribution >= 4 is 22.6 Å². The molecule has 0 spiro atoms. The highest BCUT2D eigenvalue weighted by atomic mass is 16.1. The van der Waals surface area contributed by atoms with E-state index in [1.54, 1.807) is 7.05 Å². The molecule has 4 rings (SSSR count). The molecule has 0 radical (unpaired) electrons. The van der Waals surface area contributed by atoms with Crippen LogP contribution in [0.1, 0.15) is 40.3 Å². The summed E-state index contributed by atoms with van der Waals surface area (Å²) < 4.78 is 3.91. The Morgan fingerprint density at radius 3 is 2.52 bits per heavy atom. The number of carbonyl (C=O) groups excluding carboxylic acids is 2. The van der Waals surface area contributed by atoms with Crippen molar-refractivity contribution < 1.29 is 9.59 Å². The lowest BCUT2D eigenvalue weighted by Crippen LogP contribution is -2.35. The van der Waals surface area contributed by atoms with E-state index in [1.165, 1.54) is 0 Å². The zero-order valence-corrected chi connectivity index (χ0v) is 18.1. The maximum atomic E-state index is 12.8. The van der Waals surface area contributed by atoms with Crippen LogP contribution in [0.3, 0.4) is 0 Å². The van der Waals surface area contributed by atoms with E-state index >= 15 is 0 Å². The second-order valence-electron chi connectivity index (χ2n) is 7.98. The summed E-state index contributed by atoms with van der Waals surface area (Å²) in [5.74, 6) is 0.149. The summed E-state index contributed by atoms with van der Waals surface area (Å²) in [4.78, 5) is 25.4. The van der Waals surface area contributed by atoms with Crippen LogP contribution in [0.2, 0.25) is 0 Å². The van der Waals surface area contributed by atoms with E-state index < -0.39 is 0 Å². The molecule has 4 aromatic heterocycles. The van der Waals surface area contributed by atoms with Gasteiger partial charge in [-0.25, -0.2) is 0 Å². The van der Waals surface area contributed by atoms with E-state index in [4.69, 9.17) is 0 Å². The fraction of sp³-hybridized carbons (Fsp3) is 0.280. The predicted molar refractivity (Wildman–Crippen MR) is 123 cm³/mol. The molecule has 0 amide bonds. The molecule has 6 heteroatoms. The number of aromatic nitrogens is 2. The van der Waals surface area contributed by atoms with E-state index in [2.05, 4.69) is 16.7 Å². The van der Waals surface area contributed by atoms with Crippen LogP contribution in [0.4, 0.5) is 0 Å². The molecule has 4 aromatic rings. The Bertz CT molecular complexity index is 1200. The van der Waals surface area contributed by atoms with Gasteiger partial charge in [0.25, 0.3) is 0 Å². The van der Waals surface area contributed by atoms with Gasteiger partial charge in [0.2, 0.25) is 0 Å². The number of carbonyl (C=O) groups is 2. The second kappa shape index (κ2) is 8.88. The molecule has 0 aliphatic carbocycles. The van der Waals surface area contributed by atoms with Crippen LogP contribution in [0, 0.1) is 0 Å². The van der Waals surface area contributed by atoms with E-state index in [9.17, 15) is 9.59 Å². The molecule has 0 aliphatic rings. The minimum Gasteiger partial charge on any atom is -0.323 e. The van der Waals surface area contributed by atoms with Crippen molar-refractivity contribution in [3.05, 3.63) is 83.9 Å².